The third-order valence-corrected chi connectivity index (χ3v) is 4.76. The van der Waals surface area contributed by atoms with Crippen molar-refractivity contribution in [1.29, 1.82) is 0 Å². The summed E-state index contributed by atoms with van der Waals surface area (Å²) in [6.45, 7) is 0.718. The van der Waals surface area contributed by atoms with Crippen LogP contribution in [-0.4, -0.2) is 37.4 Å². The molecule has 0 radical (unpaired) electrons. The number of carbonyl (C=O) groups excluding carboxylic acids is 3. The van der Waals surface area contributed by atoms with E-state index in [-0.39, 0.29) is 17.5 Å². The summed E-state index contributed by atoms with van der Waals surface area (Å²) in [5.74, 6) is -0.641. The van der Waals surface area contributed by atoms with Gasteiger partial charge in [0.2, 0.25) is 11.8 Å². The van der Waals surface area contributed by atoms with Crippen LogP contribution in [-0.2, 0) is 19.1 Å². The zero-order valence-corrected chi connectivity index (χ0v) is 15.8. The fraction of sp³-hybridized carbons (Fsp3) is 0.182. The lowest BCUT2D eigenvalue weighted by molar-refractivity contribution is -0.130. The number of hydrogen-bond donors (Lipinski definition) is 0. The molecule has 4 rings (SSSR count). The van der Waals surface area contributed by atoms with Crippen LogP contribution >= 0.6 is 0 Å². The van der Waals surface area contributed by atoms with Crippen molar-refractivity contribution >= 4 is 35.5 Å². The first kappa shape index (κ1) is 18.6. The van der Waals surface area contributed by atoms with Crippen molar-refractivity contribution in [3.05, 3.63) is 70.9 Å². The van der Waals surface area contributed by atoms with Gasteiger partial charge < -0.3 is 14.4 Å². The molecule has 2 aliphatic heterocycles. The molecule has 2 aromatic rings. The average molecular weight is 390 g/mol. The van der Waals surface area contributed by atoms with Crippen LogP contribution in [0, 0.1) is 0 Å². The molecule has 1 fully saturated rings. The summed E-state index contributed by atoms with van der Waals surface area (Å²) in [5, 5.41) is 0. The van der Waals surface area contributed by atoms with E-state index < -0.39 is 11.9 Å². The molecule has 0 N–H and O–H groups in total. The van der Waals surface area contributed by atoms with E-state index in [1.54, 1.807) is 47.4 Å². The first-order valence-electron chi connectivity index (χ1n) is 9.17. The molecule has 0 saturated carbocycles. The number of amides is 1. The smallest absolute Gasteiger partial charge is 0.363 e. The lowest BCUT2D eigenvalue weighted by Gasteiger charge is -2.15. The second kappa shape index (κ2) is 7.71. The number of benzene rings is 2. The Bertz CT molecular complexity index is 1040. The van der Waals surface area contributed by atoms with Crippen molar-refractivity contribution in [2.24, 2.45) is 4.99 Å². The Morgan fingerprint density at radius 1 is 1.10 bits per heavy atom. The van der Waals surface area contributed by atoms with Crippen LogP contribution < -0.4 is 4.90 Å². The summed E-state index contributed by atoms with van der Waals surface area (Å²) in [7, 11) is 1.32. The van der Waals surface area contributed by atoms with E-state index in [0.717, 1.165) is 18.7 Å². The van der Waals surface area contributed by atoms with Gasteiger partial charge in [-0.1, -0.05) is 12.1 Å². The number of ether oxygens (including phenoxy) is 2. The van der Waals surface area contributed by atoms with E-state index in [1.807, 2.05) is 12.1 Å². The van der Waals surface area contributed by atoms with E-state index in [9.17, 15) is 14.4 Å². The minimum absolute atomic E-state index is 0.117. The molecule has 7 heteroatoms. The average Bonchev–Trinajstić information content (AvgIpc) is 3.34. The van der Waals surface area contributed by atoms with Crippen LogP contribution in [0.1, 0.15) is 34.3 Å². The Morgan fingerprint density at radius 2 is 1.83 bits per heavy atom. The fourth-order valence-corrected chi connectivity index (χ4v) is 3.23. The van der Waals surface area contributed by atoms with Gasteiger partial charge in [-0.2, -0.15) is 0 Å². The molecule has 2 aromatic carbocycles. The molecular weight excluding hydrogens is 372 g/mol. The Balaban J connectivity index is 1.53. The predicted octanol–water partition coefficient (Wildman–Crippen LogP) is 2.94. The second-order valence-corrected chi connectivity index (χ2v) is 6.65. The summed E-state index contributed by atoms with van der Waals surface area (Å²) in [5.41, 5.74) is 2.77. The number of esters is 2. The molecule has 1 saturated heterocycles. The molecule has 0 unspecified atom stereocenters. The SMILES string of the molecule is COC(=O)c1ccc(C=C2N=C(c3ccc(N4CCCC4=O)cc3)OC2=O)cc1. The topological polar surface area (TPSA) is 85.3 Å². The lowest BCUT2D eigenvalue weighted by atomic mass is 10.1. The predicted molar refractivity (Wildman–Crippen MR) is 106 cm³/mol. The monoisotopic (exact) mass is 390 g/mol. The summed E-state index contributed by atoms with van der Waals surface area (Å²) in [4.78, 5) is 41.5. The van der Waals surface area contributed by atoms with E-state index in [2.05, 4.69) is 9.73 Å². The highest BCUT2D eigenvalue weighted by Crippen LogP contribution is 2.24. The van der Waals surface area contributed by atoms with Gasteiger partial charge in [0.05, 0.1) is 12.7 Å². The number of cyclic esters (lactones) is 1. The van der Waals surface area contributed by atoms with Crippen LogP contribution in [0.2, 0.25) is 0 Å². The van der Waals surface area contributed by atoms with Gasteiger partial charge in [-0.15, -0.1) is 0 Å². The maximum absolute atomic E-state index is 12.2. The van der Waals surface area contributed by atoms with Gasteiger partial charge in [0.15, 0.2) is 5.70 Å². The zero-order chi connectivity index (χ0) is 20.4. The van der Waals surface area contributed by atoms with Crippen LogP contribution in [0.4, 0.5) is 5.69 Å². The molecule has 7 nitrogen and oxygen atoms in total. The summed E-state index contributed by atoms with van der Waals surface area (Å²) in [6.07, 6.45) is 3.02. The molecule has 1 amide bonds. The highest BCUT2D eigenvalue weighted by molar-refractivity contribution is 6.13. The first-order valence-corrected chi connectivity index (χ1v) is 9.17. The van der Waals surface area contributed by atoms with Gasteiger partial charge in [-0.25, -0.2) is 14.6 Å². The van der Waals surface area contributed by atoms with Crippen molar-refractivity contribution in [2.45, 2.75) is 12.8 Å². The van der Waals surface area contributed by atoms with Crippen molar-refractivity contribution in [1.82, 2.24) is 0 Å². The first-order chi connectivity index (χ1) is 14.0. The summed E-state index contributed by atoms with van der Waals surface area (Å²) >= 11 is 0. The van der Waals surface area contributed by atoms with Crippen LogP contribution in [0.25, 0.3) is 6.08 Å². The molecule has 0 bridgehead atoms. The van der Waals surface area contributed by atoms with Crippen molar-refractivity contribution in [2.75, 3.05) is 18.6 Å². The van der Waals surface area contributed by atoms with E-state index in [4.69, 9.17) is 4.74 Å². The van der Waals surface area contributed by atoms with Gasteiger partial charge in [0.1, 0.15) is 0 Å². The second-order valence-electron chi connectivity index (χ2n) is 6.65. The molecule has 2 heterocycles. The van der Waals surface area contributed by atoms with E-state index in [0.29, 0.717) is 23.1 Å². The highest BCUT2D eigenvalue weighted by Gasteiger charge is 2.25. The maximum Gasteiger partial charge on any atom is 0.363 e. The zero-order valence-electron chi connectivity index (χ0n) is 15.8. The number of methoxy groups -OCH3 is 1. The van der Waals surface area contributed by atoms with Gasteiger partial charge in [0.25, 0.3) is 0 Å². The summed E-state index contributed by atoms with van der Waals surface area (Å²) < 4.78 is 9.95. The molecule has 146 valence electrons. The lowest BCUT2D eigenvalue weighted by Crippen LogP contribution is -2.23. The highest BCUT2D eigenvalue weighted by atomic mass is 16.6. The van der Waals surface area contributed by atoms with Crippen LogP contribution in [0.5, 0.6) is 0 Å². The Labute approximate surface area is 167 Å². The van der Waals surface area contributed by atoms with Crippen molar-refractivity contribution in [3.8, 4) is 0 Å². The normalized spacial score (nSPS) is 17.5. The number of nitrogens with zero attached hydrogens (tertiary/aromatic N) is 2. The van der Waals surface area contributed by atoms with Crippen molar-refractivity contribution in [3.63, 3.8) is 0 Å². The standard InChI is InChI=1S/C22H18N2O5/c1-28-21(26)16-6-4-14(5-7-16)13-18-22(27)29-20(23-18)15-8-10-17(11-9-15)24-12-2-3-19(24)25/h4-11,13H,2-3,12H2,1H3. The Kier molecular flexibility index (Phi) is 4.95. The number of carbonyl (C=O) groups is 3. The number of anilines is 1. The number of hydrogen-bond acceptors (Lipinski definition) is 6. The Morgan fingerprint density at radius 3 is 2.45 bits per heavy atom. The van der Waals surface area contributed by atoms with Gasteiger partial charge >= 0.3 is 11.9 Å². The van der Waals surface area contributed by atoms with Gasteiger partial charge in [-0.05, 0) is 54.5 Å². The molecule has 2 aliphatic rings. The molecule has 0 aliphatic carbocycles. The van der Waals surface area contributed by atoms with Gasteiger partial charge in [0, 0.05) is 24.2 Å². The third-order valence-electron chi connectivity index (χ3n) is 4.76. The number of aliphatic imine (C=N–C) groups is 1. The third kappa shape index (κ3) is 3.80. The minimum atomic E-state index is -0.546. The van der Waals surface area contributed by atoms with E-state index in [1.165, 1.54) is 7.11 Å². The quantitative estimate of drug-likeness (QED) is 0.592. The van der Waals surface area contributed by atoms with Gasteiger partial charge in [-0.3, -0.25) is 4.79 Å². The van der Waals surface area contributed by atoms with Crippen molar-refractivity contribution < 1.29 is 23.9 Å². The van der Waals surface area contributed by atoms with E-state index >= 15 is 0 Å². The molecule has 0 spiro atoms. The largest absolute Gasteiger partial charge is 0.465 e. The molecule has 0 aromatic heterocycles. The number of rotatable bonds is 4. The molecular formula is C22H18N2O5. The van der Waals surface area contributed by atoms with Crippen LogP contribution in [0.3, 0.4) is 0 Å². The Hall–Kier alpha value is -3.74. The maximum atomic E-state index is 12.2. The van der Waals surface area contributed by atoms with Crippen LogP contribution in [0.15, 0.2) is 59.2 Å². The molecule has 0 atom stereocenters. The fourth-order valence-electron chi connectivity index (χ4n) is 3.23. The summed E-state index contributed by atoms with van der Waals surface area (Å²) in [6, 6.07) is 13.8. The minimum Gasteiger partial charge on any atom is -0.465 e. The molecule has 29 heavy (non-hydrogen) atoms.